The van der Waals surface area contributed by atoms with E-state index in [4.69, 9.17) is 4.74 Å². The third-order valence-electron chi connectivity index (χ3n) is 6.81. The number of carbonyl (C=O) groups excluding carboxylic acids is 1. The van der Waals surface area contributed by atoms with Gasteiger partial charge >= 0.3 is 0 Å². The van der Waals surface area contributed by atoms with Crippen molar-refractivity contribution in [2.75, 3.05) is 6.61 Å². The van der Waals surface area contributed by atoms with Crippen molar-refractivity contribution >= 4 is 5.91 Å². The molecular formula is C18H31NO2. The van der Waals surface area contributed by atoms with E-state index in [1.807, 2.05) is 0 Å². The lowest BCUT2D eigenvalue weighted by molar-refractivity contribution is -0.136. The van der Waals surface area contributed by atoms with Gasteiger partial charge in [0.15, 0.2) is 0 Å². The molecule has 3 rings (SSSR count). The summed E-state index contributed by atoms with van der Waals surface area (Å²) in [6.45, 7) is 9.93. The Balaban J connectivity index is 1.88. The molecule has 1 heterocycles. The van der Waals surface area contributed by atoms with E-state index < -0.39 is 0 Å². The Morgan fingerprint density at radius 1 is 1.33 bits per heavy atom. The molecule has 1 N–H and O–H groups in total. The van der Waals surface area contributed by atoms with Crippen molar-refractivity contribution in [3.63, 3.8) is 0 Å². The van der Waals surface area contributed by atoms with Crippen molar-refractivity contribution in [3.8, 4) is 0 Å². The van der Waals surface area contributed by atoms with Crippen molar-refractivity contribution in [2.45, 2.75) is 78.4 Å². The Morgan fingerprint density at radius 3 is 2.76 bits per heavy atom. The molecule has 3 heteroatoms. The maximum Gasteiger partial charge on any atom is 0.220 e. The lowest BCUT2D eigenvalue weighted by atomic mass is 9.59. The average molecular weight is 293 g/mol. The quantitative estimate of drug-likeness (QED) is 0.861. The number of ether oxygens (including phenoxy) is 1. The van der Waals surface area contributed by atoms with Gasteiger partial charge in [0.05, 0.1) is 6.10 Å². The minimum atomic E-state index is 0.232. The molecule has 3 fully saturated rings. The highest BCUT2D eigenvalue weighted by Gasteiger charge is 2.68. The first-order chi connectivity index (χ1) is 9.95. The molecule has 0 aromatic carbocycles. The highest BCUT2D eigenvalue weighted by atomic mass is 16.5. The molecule has 21 heavy (non-hydrogen) atoms. The van der Waals surface area contributed by atoms with Crippen LogP contribution in [0.2, 0.25) is 0 Å². The van der Waals surface area contributed by atoms with Gasteiger partial charge in [-0.15, -0.1) is 0 Å². The highest BCUT2D eigenvalue weighted by molar-refractivity contribution is 5.76. The zero-order valence-electron chi connectivity index (χ0n) is 14.1. The van der Waals surface area contributed by atoms with Crippen molar-refractivity contribution < 1.29 is 9.53 Å². The molecular weight excluding hydrogens is 262 g/mol. The van der Waals surface area contributed by atoms with Gasteiger partial charge in [0.25, 0.3) is 0 Å². The number of rotatable bonds is 4. The number of nitrogens with one attached hydrogen (secondary N) is 1. The Bertz CT molecular complexity index is 419. The molecule has 1 spiro atoms. The second-order valence-corrected chi connectivity index (χ2v) is 8.12. The molecule has 1 aliphatic heterocycles. The summed E-state index contributed by atoms with van der Waals surface area (Å²) in [4.78, 5) is 12.2. The smallest absolute Gasteiger partial charge is 0.220 e. The zero-order valence-corrected chi connectivity index (χ0v) is 14.1. The highest BCUT2D eigenvalue weighted by Crippen LogP contribution is 2.68. The maximum atomic E-state index is 12.2. The topological polar surface area (TPSA) is 38.3 Å². The van der Waals surface area contributed by atoms with Crippen molar-refractivity contribution in [2.24, 2.45) is 22.7 Å². The van der Waals surface area contributed by atoms with Gasteiger partial charge in [-0.3, -0.25) is 4.79 Å². The zero-order chi connectivity index (χ0) is 15.3. The van der Waals surface area contributed by atoms with Crippen LogP contribution in [0.5, 0.6) is 0 Å². The van der Waals surface area contributed by atoms with Crippen LogP contribution >= 0.6 is 0 Å². The minimum Gasteiger partial charge on any atom is -0.378 e. The van der Waals surface area contributed by atoms with Gasteiger partial charge in [0.2, 0.25) is 5.91 Å². The molecule has 1 unspecified atom stereocenters. The number of amides is 1. The largest absolute Gasteiger partial charge is 0.378 e. The van der Waals surface area contributed by atoms with Crippen LogP contribution in [0.3, 0.4) is 0 Å². The second-order valence-electron chi connectivity index (χ2n) is 8.12. The van der Waals surface area contributed by atoms with E-state index in [-0.39, 0.29) is 11.3 Å². The van der Waals surface area contributed by atoms with Crippen molar-refractivity contribution in [1.82, 2.24) is 5.32 Å². The molecule has 3 nitrogen and oxygen atoms in total. The van der Waals surface area contributed by atoms with Gasteiger partial charge < -0.3 is 10.1 Å². The van der Waals surface area contributed by atoms with E-state index in [1.165, 1.54) is 12.8 Å². The molecule has 0 radical (unpaired) electrons. The van der Waals surface area contributed by atoms with E-state index in [0.29, 0.717) is 29.9 Å². The van der Waals surface area contributed by atoms with Crippen LogP contribution in [-0.4, -0.2) is 24.7 Å². The lowest BCUT2D eigenvalue weighted by Crippen LogP contribution is -2.60. The van der Waals surface area contributed by atoms with Crippen molar-refractivity contribution in [3.05, 3.63) is 0 Å². The van der Waals surface area contributed by atoms with Crippen LogP contribution in [-0.2, 0) is 9.53 Å². The summed E-state index contributed by atoms with van der Waals surface area (Å²) in [5.41, 5.74) is 0.534. The SMILES string of the molecule is CCCC(=O)N[C@H]1C(C)(C)[C@@H]2C[C@@H]3[C@@H](CC)OCCC31C2. The molecule has 3 aliphatic rings. The number of hydrogen-bond donors (Lipinski definition) is 1. The van der Waals surface area contributed by atoms with Crippen LogP contribution in [0.4, 0.5) is 0 Å². The van der Waals surface area contributed by atoms with E-state index in [9.17, 15) is 4.79 Å². The summed E-state index contributed by atoms with van der Waals surface area (Å²) >= 11 is 0. The van der Waals surface area contributed by atoms with Gasteiger partial charge in [-0.2, -0.15) is 0 Å². The second kappa shape index (κ2) is 5.26. The summed E-state index contributed by atoms with van der Waals surface area (Å²) < 4.78 is 6.04. The molecule has 0 aromatic rings. The van der Waals surface area contributed by atoms with Gasteiger partial charge in [-0.05, 0) is 54.8 Å². The standard InChI is InChI=1S/C18H31NO2/c1-5-7-15(20)19-16-17(3,4)12-10-13-14(6-2)21-9-8-18(13,16)11-12/h12-14,16H,5-11H2,1-4H3,(H,19,20)/t12-,13-,14-,16+,18?/m1/s1. The van der Waals surface area contributed by atoms with Crippen LogP contribution in [0.25, 0.3) is 0 Å². The Kier molecular flexibility index (Phi) is 3.84. The maximum absolute atomic E-state index is 12.2. The molecule has 0 aromatic heterocycles. The summed E-state index contributed by atoms with van der Waals surface area (Å²) in [6.07, 6.45) is 6.82. The van der Waals surface area contributed by atoms with Crippen LogP contribution in [0, 0.1) is 22.7 Å². The fourth-order valence-electron chi connectivity index (χ4n) is 5.77. The fraction of sp³-hybridized carbons (Fsp3) is 0.944. The molecule has 1 saturated heterocycles. The normalized spacial score (nSPS) is 43.6. The number of carbonyl (C=O) groups is 1. The lowest BCUT2D eigenvalue weighted by Gasteiger charge is -2.53. The van der Waals surface area contributed by atoms with E-state index in [0.717, 1.165) is 31.8 Å². The number of hydrogen-bond acceptors (Lipinski definition) is 2. The molecule has 120 valence electrons. The first-order valence-corrected chi connectivity index (χ1v) is 8.86. The molecule has 5 atom stereocenters. The Morgan fingerprint density at radius 2 is 2.10 bits per heavy atom. The average Bonchev–Trinajstić information content (AvgIpc) is 2.92. The van der Waals surface area contributed by atoms with Crippen LogP contribution in [0.1, 0.15) is 66.2 Å². The molecule has 2 bridgehead atoms. The summed E-state index contributed by atoms with van der Waals surface area (Å²) in [5, 5.41) is 3.44. The first kappa shape index (κ1) is 15.3. The first-order valence-electron chi connectivity index (χ1n) is 8.86. The van der Waals surface area contributed by atoms with Gasteiger partial charge in [0, 0.05) is 19.1 Å². The molecule has 1 amide bonds. The van der Waals surface area contributed by atoms with Gasteiger partial charge in [0.1, 0.15) is 0 Å². The van der Waals surface area contributed by atoms with Crippen molar-refractivity contribution in [1.29, 1.82) is 0 Å². The third kappa shape index (κ3) is 2.15. The summed E-state index contributed by atoms with van der Waals surface area (Å²) in [6, 6.07) is 0.339. The van der Waals surface area contributed by atoms with E-state index >= 15 is 0 Å². The Labute approximate surface area is 129 Å². The monoisotopic (exact) mass is 293 g/mol. The summed E-state index contributed by atoms with van der Waals surface area (Å²) in [5.74, 6) is 1.64. The van der Waals surface area contributed by atoms with E-state index in [1.54, 1.807) is 0 Å². The van der Waals surface area contributed by atoms with E-state index in [2.05, 4.69) is 33.0 Å². The van der Waals surface area contributed by atoms with Gasteiger partial charge in [-0.1, -0.05) is 27.7 Å². The van der Waals surface area contributed by atoms with Gasteiger partial charge in [-0.25, -0.2) is 0 Å². The fourth-order valence-corrected chi connectivity index (χ4v) is 5.77. The predicted molar refractivity (Wildman–Crippen MR) is 83.9 cm³/mol. The summed E-state index contributed by atoms with van der Waals surface area (Å²) in [7, 11) is 0. The van der Waals surface area contributed by atoms with Crippen LogP contribution < -0.4 is 5.32 Å². The minimum absolute atomic E-state index is 0.232. The third-order valence-corrected chi connectivity index (χ3v) is 6.81. The molecule has 2 aliphatic carbocycles. The number of fused-ring (bicyclic) bond motifs is 1. The molecule has 2 saturated carbocycles. The van der Waals surface area contributed by atoms with Crippen LogP contribution in [0.15, 0.2) is 0 Å². The predicted octanol–water partition coefficient (Wildman–Crippen LogP) is 3.52. The Hall–Kier alpha value is -0.570.